The normalized spacial score (nSPS) is 10.6. The van der Waals surface area contributed by atoms with Crippen LogP contribution in [0, 0.1) is 0 Å². The third-order valence-electron chi connectivity index (χ3n) is 3.78. The van der Waals surface area contributed by atoms with Crippen molar-refractivity contribution in [3.8, 4) is 11.4 Å². The average Bonchev–Trinajstić information content (AvgIpc) is 3.05. The molecule has 8 heteroatoms. The van der Waals surface area contributed by atoms with Gasteiger partial charge in [0.05, 0.1) is 10.8 Å². The van der Waals surface area contributed by atoms with Crippen molar-refractivity contribution in [3.63, 3.8) is 0 Å². The molecule has 6 nitrogen and oxygen atoms in total. The first-order valence-electron chi connectivity index (χ1n) is 8.16. The Kier molecular flexibility index (Phi) is 6.16. The molecule has 1 amide bonds. The zero-order valence-electron chi connectivity index (χ0n) is 14.5. The number of para-hydroxylation sites is 1. The molecule has 1 aromatic heterocycles. The lowest BCUT2D eigenvalue weighted by atomic mass is 10.2. The van der Waals surface area contributed by atoms with Crippen LogP contribution in [0.4, 0.5) is 5.69 Å². The monoisotopic (exact) mass is 399 g/mol. The van der Waals surface area contributed by atoms with Gasteiger partial charge in [-0.15, -0.1) is 16.8 Å². The maximum Gasteiger partial charge on any atom is 0.237 e. The first-order chi connectivity index (χ1) is 13.1. The smallest absolute Gasteiger partial charge is 0.237 e. The van der Waals surface area contributed by atoms with Crippen molar-refractivity contribution in [1.29, 1.82) is 0 Å². The number of nitrogens with two attached hydrogens (primary N) is 1. The van der Waals surface area contributed by atoms with Gasteiger partial charge in [-0.3, -0.25) is 4.79 Å². The highest BCUT2D eigenvalue weighted by atomic mass is 35.5. The highest BCUT2D eigenvalue weighted by molar-refractivity contribution is 7.99. The Morgan fingerprint density at radius 3 is 2.59 bits per heavy atom. The largest absolute Gasteiger partial charge is 0.335 e. The first kappa shape index (κ1) is 19.0. The topological polar surface area (TPSA) is 77.0 Å². The Morgan fingerprint density at radius 1 is 1.19 bits per heavy atom. The van der Waals surface area contributed by atoms with E-state index >= 15 is 0 Å². The maximum atomic E-state index is 12.7. The number of benzene rings is 2. The second kappa shape index (κ2) is 8.75. The Morgan fingerprint density at radius 2 is 1.89 bits per heavy atom. The summed E-state index contributed by atoms with van der Waals surface area (Å²) < 4.78 is 1.35. The summed E-state index contributed by atoms with van der Waals surface area (Å²) in [6.07, 6.45) is 1.69. The standard InChI is InChI=1S/C19H18ClN5OS/c1-2-12-24(14-8-4-3-5-9-14)17(26)13-27-19-23-22-18(25(19)21)15-10-6-7-11-16(15)20/h2-11H,1,12-13,21H2. The average molecular weight is 400 g/mol. The van der Waals surface area contributed by atoms with Gasteiger partial charge in [-0.25, -0.2) is 4.68 Å². The van der Waals surface area contributed by atoms with E-state index in [4.69, 9.17) is 17.4 Å². The van der Waals surface area contributed by atoms with Gasteiger partial charge in [-0.2, -0.15) is 0 Å². The van der Waals surface area contributed by atoms with Gasteiger partial charge in [0.2, 0.25) is 11.1 Å². The van der Waals surface area contributed by atoms with Crippen molar-refractivity contribution in [1.82, 2.24) is 14.9 Å². The molecule has 0 atom stereocenters. The number of rotatable bonds is 7. The molecule has 0 aliphatic carbocycles. The van der Waals surface area contributed by atoms with E-state index in [0.717, 1.165) is 5.69 Å². The SMILES string of the molecule is C=CCN(C(=O)CSc1nnc(-c2ccccc2Cl)n1N)c1ccccc1. The Balaban J connectivity index is 1.74. The number of amides is 1. The van der Waals surface area contributed by atoms with Crippen LogP contribution in [0.15, 0.2) is 72.4 Å². The molecular weight excluding hydrogens is 382 g/mol. The zero-order chi connectivity index (χ0) is 19.2. The molecule has 3 aromatic rings. The number of halogens is 1. The van der Waals surface area contributed by atoms with Crippen molar-refractivity contribution in [2.24, 2.45) is 0 Å². The summed E-state index contributed by atoms with van der Waals surface area (Å²) in [5.41, 5.74) is 1.50. The minimum atomic E-state index is -0.0756. The molecule has 2 aromatic carbocycles. The number of carbonyl (C=O) groups is 1. The van der Waals surface area contributed by atoms with E-state index in [1.807, 2.05) is 48.5 Å². The van der Waals surface area contributed by atoms with Crippen molar-refractivity contribution in [2.45, 2.75) is 5.16 Å². The molecule has 0 aliphatic rings. The van der Waals surface area contributed by atoms with Crippen LogP contribution in [0.3, 0.4) is 0 Å². The lowest BCUT2D eigenvalue weighted by Gasteiger charge is -2.20. The summed E-state index contributed by atoms with van der Waals surface area (Å²) in [6.45, 7) is 4.15. The molecule has 27 heavy (non-hydrogen) atoms. The van der Waals surface area contributed by atoms with E-state index in [1.54, 1.807) is 17.0 Å². The number of aromatic nitrogens is 3. The van der Waals surface area contributed by atoms with Gasteiger partial charge in [0.15, 0.2) is 5.82 Å². The first-order valence-corrected chi connectivity index (χ1v) is 9.52. The van der Waals surface area contributed by atoms with Crippen molar-refractivity contribution >= 4 is 35.0 Å². The van der Waals surface area contributed by atoms with Crippen LogP contribution in [0.5, 0.6) is 0 Å². The predicted octanol–water partition coefficient (Wildman–Crippen LogP) is 3.62. The Hall–Kier alpha value is -2.77. The van der Waals surface area contributed by atoms with Gasteiger partial charge in [0.25, 0.3) is 0 Å². The fraction of sp³-hybridized carbons (Fsp3) is 0.105. The van der Waals surface area contributed by atoms with Crippen molar-refractivity contribution < 1.29 is 4.79 Å². The Bertz CT molecular complexity index is 944. The van der Waals surface area contributed by atoms with E-state index in [9.17, 15) is 4.79 Å². The highest BCUT2D eigenvalue weighted by Gasteiger charge is 2.18. The molecule has 0 spiro atoms. The summed E-state index contributed by atoms with van der Waals surface area (Å²) in [7, 11) is 0. The summed E-state index contributed by atoms with van der Waals surface area (Å²) in [5.74, 6) is 6.65. The Labute approximate surface area is 166 Å². The van der Waals surface area contributed by atoms with Crippen LogP contribution in [-0.4, -0.2) is 33.1 Å². The maximum absolute atomic E-state index is 12.7. The van der Waals surface area contributed by atoms with Gasteiger partial charge in [-0.05, 0) is 24.3 Å². The van der Waals surface area contributed by atoms with Gasteiger partial charge in [0, 0.05) is 17.8 Å². The molecular formula is C19H18ClN5OS. The van der Waals surface area contributed by atoms with Crippen LogP contribution in [-0.2, 0) is 4.79 Å². The number of nitrogen functional groups attached to an aromatic ring is 1. The third-order valence-corrected chi connectivity index (χ3v) is 5.04. The summed E-state index contributed by atoms with van der Waals surface area (Å²) >= 11 is 7.42. The second-order valence-electron chi connectivity index (χ2n) is 5.57. The van der Waals surface area contributed by atoms with Gasteiger partial charge in [0.1, 0.15) is 0 Å². The third kappa shape index (κ3) is 4.32. The lowest BCUT2D eigenvalue weighted by Crippen LogP contribution is -2.32. The van der Waals surface area contributed by atoms with Crippen molar-refractivity contribution in [2.75, 3.05) is 23.0 Å². The number of thioether (sulfide) groups is 1. The molecule has 2 N–H and O–H groups in total. The number of hydrogen-bond donors (Lipinski definition) is 1. The highest BCUT2D eigenvalue weighted by Crippen LogP contribution is 2.27. The number of nitrogens with zero attached hydrogens (tertiary/aromatic N) is 4. The summed E-state index contributed by atoms with van der Waals surface area (Å²) in [4.78, 5) is 14.3. The van der Waals surface area contributed by atoms with E-state index < -0.39 is 0 Å². The van der Waals surface area contributed by atoms with Gasteiger partial charge in [-0.1, -0.05) is 59.8 Å². The molecule has 0 saturated carbocycles. The molecule has 0 saturated heterocycles. The molecule has 0 unspecified atom stereocenters. The molecule has 1 heterocycles. The molecule has 0 fully saturated rings. The number of carbonyl (C=O) groups excluding carboxylic acids is 1. The van der Waals surface area contributed by atoms with Crippen LogP contribution < -0.4 is 10.7 Å². The fourth-order valence-electron chi connectivity index (χ4n) is 2.49. The fourth-order valence-corrected chi connectivity index (χ4v) is 3.45. The molecule has 3 rings (SSSR count). The zero-order valence-corrected chi connectivity index (χ0v) is 16.0. The summed E-state index contributed by atoms with van der Waals surface area (Å²) in [5, 5.41) is 9.16. The molecule has 0 radical (unpaired) electrons. The predicted molar refractivity (Wildman–Crippen MR) is 110 cm³/mol. The van der Waals surface area contributed by atoms with E-state index in [-0.39, 0.29) is 11.7 Å². The van der Waals surface area contributed by atoms with Gasteiger partial charge < -0.3 is 10.7 Å². The quantitative estimate of drug-likeness (QED) is 0.373. The number of hydrogen-bond acceptors (Lipinski definition) is 5. The second-order valence-corrected chi connectivity index (χ2v) is 6.92. The molecule has 0 aliphatic heterocycles. The van der Waals surface area contributed by atoms with Gasteiger partial charge >= 0.3 is 0 Å². The minimum absolute atomic E-state index is 0.0756. The van der Waals surface area contributed by atoms with Crippen LogP contribution >= 0.6 is 23.4 Å². The van der Waals surface area contributed by atoms with Crippen LogP contribution in [0.1, 0.15) is 0 Å². The van der Waals surface area contributed by atoms with E-state index in [0.29, 0.717) is 28.1 Å². The summed E-state index contributed by atoms with van der Waals surface area (Å²) in [6, 6.07) is 16.7. The number of anilines is 1. The lowest BCUT2D eigenvalue weighted by molar-refractivity contribution is -0.116. The van der Waals surface area contributed by atoms with Crippen LogP contribution in [0.2, 0.25) is 5.02 Å². The molecule has 138 valence electrons. The minimum Gasteiger partial charge on any atom is -0.335 e. The van der Waals surface area contributed by atoms with Crippen molar-refractivity contribution in [3.05, 3.63) is 72.3 Å². The molecule has 0 bridgehead atoms. The van der Waals surface area contributed by atoms with Crippen LogP contribution in [0.25, 0.3) is 11.4 Å². The van der Waals surface area contributed by atoms with E-state index in [1.165, 1.54) is 16.4 Å². The van der Waals surface area contributed by atoms with E-state index in [2.05, 4.69) is 16.8 Å².